The maximum Gasteiger partial charge on any atom is -0.00237 e. The van der Waals surface area contributed by atoms with Crippen molar-refractivity contribution >= 4 is 33.7 Å². The lowest BCUT2D eigenvalue weighted by Gasteiger charge is -2.25. The smallest absolute Gasteiger partial charge is 0.00237 e. The largest absolute Gasteiger partial charge is 0.0870 e. The monoisotopic (exact) mass is 466 g/mol. The van der Waals surface area contributed by atoms with Crippen LogP contribution in [-0.4, -0.2) is 0 Å². The van der Waals surface area contributed by atoms with Gasteiger partial charge in [-0.25, -0.2) is 0 Å². The summed E-state index contributed by atoms with van der Waals surface area (Å²) in [6.07, 6.45) is 11.0. The van der Waals surface area contributed by atoms with Crippen molar-refractivity contribution in [3.8, 4) is 22.3 Å². The van der Waals surface area contributed by atoms with Gasteiger partial charge < -0.3 is 0 Å². The van der Waals surface area contributed by atoms with E-state index in [9.17, 15) is 0 Å². The summed E-state index contributed by atoms with van der Waals surface area (Å²) in [5, 5.41) is 5.10. The molecular weight excluding hydrogens is 432 g/mol. The molecule has 0 bridgehead atoms. The van der Waals surface area contributed by atoms with Gasteiger partial charge in [0.2, 0.25) is 0 Å². The molecule has 0 radical (unpaired) electrons. The van der Waals surface area contributed by atoms with Crippen molar-refractivity contribution < 1.29 is 0 Å². The molecule has 178 valence electrons. The molecule has 0 aliphatic carbocycles. The highest BCUT2D eigenvalue weighted by Crippen LogP contribution is 2.45. The Labute approximate surface area is 215 Å². The van der Waals surface area contributed by atoms with Crippen molar-refractivity contribution in [1.29, 1.82) is 0 Å². The van der Waals surface area contributed by atoms with Crippen molar-refractivity contribution in [3.05, 3.63) is 119 Å². The Kier molecular flexibility index (Phi) is 6.87. The summed E-state index contributed by atoms with van der Waals surface area (Å²) in [5.41, 5.74) is 10.8. The summed E-state index contributed by atoms with van der Waals surface area (Å²) < 4.78 is 0. The standard InChI is InChI=1S/C36H34/c1-5-13-33-31(7-3)32(8-4)34(14-6-2)36(30-22-20-26-16-10-12-18-28(26)24-30)35(33)29-21-19-25-15-9-11-17-27(25)23-29/h5-6,9-24H,7-8H2,1-4H3/b13-5-,14-6-. The van der Waals surface area contributed by atoms with Crippen LogP contribution in [0.4, 0.5) is 0 Å². The molecule has 0 saturated heterocycles. The van der Waals surface area contributed by atoms with Crippen LogP contribution in [0, 0.1) is 0 Å². The van der Waals surface area contributed by atoms with Gasteiger partial charge in [-0.1, -0.05) is 111 Å². The minimum absolute atomic E-state index is 1.01. The van der Waals surface area contributed by atoms with Gasteiger partial charge in [-0.05, 0) is 105 Å². The first-order valence-corrected chi connectivity index (χ1v) is 13.2. The highest BCUT2D eigenvalue weighted by atomic mass is 14.3. The summed E-state index contributed by atoms with van der Waals surface area (Å²) in [4.78, 5) is 0. The third-order valence-corrected chi connectivity index (χ3v) is 7.25. The van der Waals surface area contributed by atoms with Gasteiger partial charge in [0, 0.05) is 0 Å². The van der Waals surface area contributed by atoms with E-state index in [4.69, 9.17) is 0 Å². The first kappa shape index (κ1) is 23.8. The van der Waals surface area contributed by atoms with E-state index in [0.29, 0.717) is 0 Å². The molecule has 0 heterocycles. The van der Waals surface area contributed by atoms with E-state index >= 15 is 0 Å². The summed E-state index contributed by atoms with van der Waals surface area (Å²) in [7, 11) is 0. The summed E-state index contributed by atoms with van der Waals surface area (Å²) in [5.74, 6) is 0. The quantitative estimate of drug-likeness (QED) is 0.233. The van der Waals surface area contributed by atoms with Gasteiger partial charge in [0.15, 0.2) is 0 Å². The van der Waals surface area contributed by atoms with E-state index in [1.165, 1.54) is 66.1 Å². The molecule has 0 aliphatic heterocycles. The van der Waals surface area contributed by atoms with E-state index < -0.39 is 0 Å². The van der Waals surface area contributed by atoms with Crippen molar-refractivity contribution in [3.63, 3.8) is 0 Å². The Balaban J connectivity index is 1.97. The fraction of sp³-hybridized carbons (Fsp3) is 0.167. The number of benzene rings is 5. The van der Waals surface area contributed by atoms with E-state index in [-0.39, 0.29) is 0 Å². The normalized spacial score (nSPS) is 11.9. The minimum atomic E-state index is 1.01. The molecule has 0 spiro atoms. The zero-order valence-corrected chi connectivity index (χ0v) is 21.8. The maximum absolute atomic E-state index is 2.37. The number of hydrogen-bond donors (Lipinski definition) is 0. The molecule has 5 aromatic rings. The Hall–Kier alpha value is -3.90. The van der Waals surface area contributed by atoms with Gasteiger partial charge in [0.1, 0.15) is 0 Å². The summed E-state index contributed by atoms with van der Waals surface area (Å²) in [6.45, 7) is 8.84. The molecule has 0 nitrogen and oxygen atoms in total. The third kappa shape index (κ3) is 4.18. The second-order valence-electron chi connectivity index (χ2n) is 9.37. The molecule has 5 aromatic carbocycles. The van der Waals surface area contributed by atoms with Crippen LogP contribution < -0.4 is 0 Å². The number of fused-ring (bicyclic) bond motifs is 2. The highest BCUT2D eigenvalue weighted by molar-refractivity contribution is 6.01. The van der Waals surface area contributed by atoms with Crippen LogP contribution >= 0.6 is 0 Å². The maximum atomic E-state index is 2.37. The molecule has 0 amide bonds. The predicted octanol–water partition coefficient (Wildman–Crippen LogP) is 10.5. The molecule has 0 fully saturated rings. The lowest BCUT2D eigenvalue weighted by atomic mass is 9.79. The zero-order chi connectivity index (χ0) is 25.1. The van der Waals surface area contributed by atoms with Gasteiger partial charge in [0.25, 0.3) is 0 Å². The lowest BCUT2D eigenvalue weighted by molar-refractivity contribution is 1.03. The first-order chi connectivity index (χ1) is 17.7. The topological polar surface area (TPSA) is 0 Å². The average Bonchev–Trinajstić information content (AvgIpc) is 2.92. The van der Waals surface area contributed by atoms with Crippen LogP contribution in [-0.2, 0) is 12.8 Å². The highest BCUT2D eigenvalue weighted by Gasteiger charge is 2.22. The molecule has 36 heavy (non-hydrogen) atoms. The van der Waals surface area contributed by atoms with Crippen LogP contribution in [0.1, 0.15) is 49.9 Å². The first-order valence-electron chi connectivity index (χ1n) is 13.2. The van der Waals surface area contributed by atoms with Crippen LogP contribution in [0.15, 0.2) is 97.1 Å². The number of hydrogen-bond acceptors (Lipinski definition) is 0. The van der Waals surface area contributed by atoms with Crippen molar-refractivity contribution in [2.45, 2.75) is 40.5 Å². The number of allylic oxidation sites excluding steroid dienone is 2. The average molecular weight is 467 g/mol. The van der Waals surface area contributed by atoms with E-state index in [0.717, 1.165) is 12.8 Å². The van der Waals surface area contributed by atoms with Crippen LogP contribution in [0.5, 0.6) is 0 Å². The molecule has 0 saturated carbocycles. The van der Waals surface area contributed by atoms with Crippen molar-refractivity contribution in [1.82, 2.24) is 0 Å². The van der Waals surface area contributed by atoms with Crippen LogP contribution in [0.2, 0.25) is 0 Å². The van der Waals surface area contributed by atoms with Gasteiger partial charge in [-0.3, -0.25) is 0 Å². The van der Waals surface area contributed by atoms with E-state index in [1.54, 1.807) is 0 Å². The Morgan fingerprint density at radius 2 is 0.889 bits per heavy atom. The van der Waals surface area contributed by atoms with Crippen LogP contribution in [0.3, 0.4) is 0 Å². The Morgan fingerprint density at radius 3 is 1.25 bits per heavy atom. The molecule has 0 aromatic heterocycles. The minimum Gasteiger partial charge on any atom is -0.0870 e. The molecular formula is C36H34. The summed E-state index contributed by atoms with van der Waals surface area (Å²) >= 11 is 0. The molecule has 0 unspecified atom stereocenters. The SMILES string of the molecule is C/C=C\c1c(CC)c(CC)c(/C=C\C)c(-c2ccc3ccccc3c2)c1-c1ccc2ccccc2c1. The zero-order valence-electron chi connectivity index (χ0n) is 21.8. The van der Waals surface area contributed by atoms with Crippen molar-refractivity contribution in [2.24, 2.45) is 0 Å². The molecule has 0 N–H and O–H groups in total. The van der Waals surface area contributed by atoms with Gasteiger partial charge >= 0.3 is 0 Å². The second kappa shape index (κ2) is 10.4. The van der Waals surface area contributed by atoms with Gasteiger partial charge in [0.05, 0.1) is 0 Å². The van der Waals surface area contributed by atoms with Crippen molar-refractivity contribution in [2.75, 3.05) is 0 Å². The van der Waals surface area contributed by atoms with Gasteiger partial charge in [-0.15, -0.1) is 0 Å². The van der Waals surface area contributed by atoms with Crippen LogP contribution in [0.25, 0.3) is 56.0 Å². The van der Waals surface area contributed by atoms with Gasteiger partial charge in [-0.2, -0.15) is 0 Å². The third-order valence-electron chi connectivity index (χ3n) is 7.25. The second-order valence-corrected chi connectivity index (χ2v) is 9.37. The summed E-state index contributed by atoms with van der Waals surface area (Å²) in [6, 6.07) is 31.2. The molecule has 0 heteroatoms. The molecule has 0 aliphatic rings. The Bertz CT molecular complexity index is 1490. The predicted molar refractivity (Wildman–Crippen MR) is 160 cm³/mol. The molecule has 5 rings (SSSR count). The fourth-order valence-corrected chi connectivity index (χ4v) is 5.69. The fourth-order valence-electron chi connectivity index (χ4n) is 5.69. The number of rotatable bonds is 6. The lowest BCUT2D eigenvalue weighted by Crippen LogP contribution is -2.05. The Morgan fingerprint density at radius 1 is 0.500 bits per heavy atom. The molecule has 0 atom stereocenters. The van der Waals surface area contributed by atoms with E-state index in [1.807, 2.05) is 0 Å². The van der Waals surface area contributed by atoms with E-state index in [2.05, 4.69) is 137 Å².